The van der Waals surface area contributed by atoms with Crippen molar-refractivity contribution in [2.75, 3.05) is 12.8 Å². The van der Waals surface area contributed by atoms with Crippen LogP contribution >= 0.6 is 0 Å². The van der Waals surface area contributed by atoms with Crippen LogP contribution in [0.4, 0.5) is 5.69 Å². The van der Waals surface area contributed by atoms with Crippen LogP contribution in [0.5, 0.6) is 11.5 Å². The summed E-state index contributed by atoms with van der Waals surface area (Å²) in [6.07, 6.45) is 0. The van der Waals surface area contributed by atoms with Gasteiger partial charge >= 0.3 is 29.6 Å². The molecule has 0 spiro atoms. The van der Waals surface area contributed by atoms with Crippen LogP contribution in [0.15, 0.2) is 18.2 Å². The van der Waals surface area contributed by atoms with Gasteiger partial charge in [-0.05, 0) is 18.2 Å². The molecule has 0 radical (unpaired) electrons. The standard InChI is InChI=1S/C7H9NO2.Na/c1-10-5-2-3-6(8)7(9)4-5;/h2-4,9H,8H2,1H3;/q;+1/p-1. The average Bonchev–Trinajstić information content (AvgIpc) is 1.95. The summed E-state index contributed by atoms with van der Waals surface area (Å²) in [5, 5.41) is 10.8. The van der Waals surface area contributed by atoms with Crippen molar-refractivity contribution in [1.82, 2.24) is 0 Å². The SMILES string of the molecule is COc1ccc(N)c([O-])c1.[Na+]. The van der Waals surface area contributed by atoms with E-state index in [1.54, 1.807) is 6.07 Å². The molecule has 0 amide bonds. The van der Waals surface area contributed by atoms with Crippen LogP contribution in [-0.2, 0) is 0 Å². The van der Waals surface area contributed by atoms with Gasteiger partial charge in [0.25, 0.3) is 0 Å². The van der Waals surface area contributed by atoms with E-state index in [0.29, 0.717) is 5.75 Å². The topological polar surface area (TPSA) is 58.3 Å². The molecule has 11 heavy (non-hydrogen) atoms. The van der Waals surface area contributed by atoms with Crippen molar-refractivity contribution in [3.05, 3.63) is 18.2 Å². The molecule has 0 bridgehead atoms. The van der Waals surface area contributed by atoms with Gasteiger partial charge in [0, 0.05) is 5.69 Å². The van der Waals surface area contributed by atoms with Crippen molar-refractivity contribution in [3.63, 3.8) is 0 Å². The van der Waals surface area contributed by atoms with E-state index in [2.05, 4.69) is 0 Å². The molecule has 54 valence electrons. The Labute approximate surface area is 87.5 Å². The van der Waals surface area contributed by atoms with Crippen LogP contribution in [0.1, 0.15) is 0 Å². The number of rotatable bonds is 1. The van der Waals surface area contributed by atoms with Gasteiger partial charge in [-0.2, -0.15) is 0 Å². The van der Waals surface area contributed by atoms with Gasteiger partial charge in [-0.1, -0.05) is 5.75 Å². The number of hydrogen-bond acceptors (Lipinski definition) is 3. The fourth-order valence-electron chi connectivity index (χ4n) is 0.642. The number of nitrogen functional groups attached to an aromatic ring is 1. The summed E-state index contributed by atoms with van der Waals surface area (Å²) in [5.41, 5.74) is 5.53. The largest absolute Gasteiger partial charge is 1.00 e. The van der Waals surface area contributed by atoms with Crippen LogP contribution < -0.4 is 45.1 Å². The fraction of sp³-hybridized carbons (Fsp3) is 0.143. The summed E-state index contributed by atoms with van der Waals surface area (Å²) in [5.74, 6) is 0.346. The molecule has 0 unspecified atom stereocenters. The minimum Gasteiger partial charge on any atom is -0.871 e. The van der Waals surface area contributed by atoms with Gasteiger partial charge in [0.2, 0.25) is 0 Å². The Kier molecular flexibility index (Phi) is 4.33. The first-order valence-corrected chi connectivity index (χ1v) is 2.84. The van der Waals surface area contributed by atoms with Gasteiger partial charge in [0.1, 0.15) is 5.75 Å². The number of hydrogen-bond donors (Lipinski definition) is 1. The molecule has 2 N–H and O–H groups in total. The number of anilines is 1. The Bertz CT molecular complexity index is 240. The van der Waals surface area contributed by atoms with Gasteiger partial charge in [-0.25, -0.2) is 0 Å². The molecule has 0 heterocycles. The molecule has 0 aliphatic rings. The maximum atomic E-state index is 10.8. The van der Waals surface area contributed by atoms with E-state index in [0.717, 1.165) is 0 Å². The van der Waals surface area contributed by atoms with Crippen molar-refractivity contribution in [2.45, 2.75) is 0 Å². The third-order valence-corrected chi connectivity index (χ3v) is 1.22. The number of nitrogens with two attached hydrogens (primary N) is 1. The first-order chi connectivity index (χ1) is 4.74. The Morgan fingerprint density at radius 1 is 1.45 bits per heavy atom. The predicted molar refractivity (Wildman–Crippen MR) is 36.9 cm³/mol. The van der Waals surface area contributed by atoms with E-state index in [1.807, 2.05) is 0 Å². The number of ether oxygens (including phenoxy) is 1. The van der Waals surface area contributed by atoms with Gasteiger partial charge < -0.3 is 15.6 Å². The Hall–Kier alpha value is -0.380. The molecule has 0 atom stereocenters. The maximum Gasteiger partial charge on any atom is 1.00 e. The zero-order valence-electron chi connectivity index (χ0n) is 6.63. The van der Waals surface area contributed by atoms with Crippen molar-refractivity contribution >= 4 is 5.69 Å². The minimum absolute atomic E-state index is 0. The zero-order valence-corrected chi connectivity index (χ0v) is 8.63. The summed E-state index contributed by atoms with van der Waals surface area (Å²) in [6, 6.07) is 4.53. The van der Waals surface area contributed by atoms with Gasteiger partial charge in [0.15, 0.2) is 0 Å². The summed E-state index contributed by atoms with van der Waals surface area (Å²) in [7, 11) is 1.50. The molecule has 4 heteroatoms. The van der Waals surface area contributed by atoms with Crippen molar-refractivity contribution in [2.24, 2.45) is 0 Å². The predicted octanol–water partition coefficient (Wildman–Crippen LogP) is -2.64. The van der Waals surface area contributed by atoms with Crippen LogP contribution in [-0.4, -0.2) is 7.11 Å². The Morgan fingerprint density at radius 2 is 2.09 bits per heavy atom. The van der Waals surface area contributed by atoms with Gasteiger partial charge in [-0.3, -0.25) is 0 Å². The van der Waals surface area contributed by atoms with Gasteiger partial charge in [-0.15, -0.1) is 0 Å². The van der Waals surface area contributed by atoms with Crippen molar-refractivity contribution in [3.8, 4) is 11.5 Å². The minimum atomic E-state index is -0.195. The van der Waals surface area contributed by atoms with E-state index in [9.17, 15) is 5.11 Å². The van der Waals surface area contributed by atoms with Crippen LogP contribution in [0.2, 0.25) is 0 Å². The molecule has 0 aromatic heterocycles. The molecule has 0 aliphatic carbocycles. The van der Waals surface area contributed by atoms with Crippen LogP contribution in [0.3, 0.4) is 0 Å². The number of methoxy groups -OCH3 is 1. The second kappa shape index (κ2) is 4.49. The third kappa shape index (κ3) is 2.61. The average molecular weight is 161 g/mol. The van der Waals surface area contributed by atoms with E-state index in [-0.39, 0.29) is 41.0 Å². The molecule has 0 saturated heterocycles. The molecule has 1 rings (SSSR count). The summed E-state index contributed by atoms with van der Waals surface area (Å²) in [4.78, 5) is 0. The first kappa shape index (κ1) is 10.6. The smallest absolute Gasteiger partial charge is 0.871 e. The zero-order chi connectivity index (χ0) is 7.56. The molecule has 0 aliphatic heterocycles. The Morgan fingerprint density at radius 3 is 2.55 bits per heavy atom. The number of benzene rings is 1. The third-order valence-electron chi connectivity index (χ3n) is 1.22. The second-order valence-corrected chi connectivity index (χ2v) is 1.90. The van der Waals surface area contributed by atoms with Crippen LogP contribution in [0.25, 0.3) is 0 Å². The van der Waals surface area contributed by atoms with Gasteiger partial charge in [0.05, 0.1) is 7.11 Å². The van der Waals surface area contributed by atoms with E-state index < -0.39 is 0 Å². The second-order valence-electron chi connectivity index (χ2n) is 1.90. The first-order valence-electron chi connectivity index (χ1n) is 2.84. The molecular weight excluding hydrogens is 153 g/mol. The van der Waals surface area contributed by atoms with Crippen molar-refractivity contribution < 1.29 is 39.4 Å². The van der Waals surface area contributed by atoms with Crippen LogP contribution in [0, 0.1) is 0 Å². The van der Waals surface area contributed by atoms with E-state index >= 15 is 0 Å². The molecule has 3 nitrogen and oxygen atoms in total. The summed E-state index contributed by atoms with van der Waals surface area (Å²) < 4.78 is 4.79. The van der Waals surface area contributed by atoms with E-state index in [1.165, 1.54) is 19.2 Å². The Balaban J connectivity index is 0.000001000. The fourth-order valence-corrected chi connectivity index (χ4v) is 0.642. The molecule has 1 aromatic carbocycles. The van der Waals surface area contributed by atoms with Crippen molar-refractivity contribution in [1.29, 1.82) is 0 Å². The molecule has 0 saturated carbocycles. The normalized spacial score (nSPS) is 8.45. The maximum absolute atomic E-state index is 10.8. The van der Waals surface area contributed by atoms with E-state index in [4.69, 9.17) is 10.5 Å². The quantitative estimate of drug-likeness (QED) is 0.361. The summed E-state index contributed by atoms with van der Waals surface area (Å²) in [6.45, 7) is 0. The molecular formula is C7H8NNaO2. The monoisotopic (exact) mass is 161 g/mol. The molecule has 1 aromatic rings. The molecule has 0 fully saturated rings. The summed E-state index contributed by atoms with van der Waals surface area (Å²) >= 11 is 0.